The van der Waals surface area contributed by atoms with E-state index in [2.05, 4.69) is 10.2 Å². The molecule has 6 nitrogen and oxygen atoms in total. The minimum atomic E-state index is -0.463. The van der Waals surface area contributed by atoms with E-state index in [1.807, 2.05) is 0 Å². The predicted octanol–water partition coefficient (Wildman–Crippen LogP) is 0.635. The topological polar surface area (TPSA) is 71.0 Å². The molecule has 0 radical (unpaired) electrons. The molecule has 1 aromatic rings. The highest BCUT2D eigenvalue weighted by atomic mass is 16.5. The van der Waals surface area contributed by atoms with Crippen LogP contribution in [-0.2, 0) is 11.2 Å². The number of rotatable bonds is 5. The molecule has 2 N–H and O–H groups in total. The predicted molar refractivity (Wildman–Crippen MR) is 79.0 cm³/mol. The van der Waals surface area contributed by atoms with Crippen molar-refractivity contribution in [1.82, 2.24) is 10.2 Å². The SMILES string of the molecule is COC(=O)c1cc(CCN2CCNCC2)c(O)cc1OC. The van der Waals surface area contributed by atoms with Crippen LogP contribution in [0.15, 0.2) is 12.1 Å². The Morgan fingerprint density at radius 1 is 1.33 bits per heavy atom. The van der Waals surface area contributed by atoms with E-state index in [0.717, 1.165) is 38.3 Å². The van der Waals surface area contributed by atoms with E-state index in [-0.39, 0.29) is 5.75 Å². The molecular formula is C15H22N2O4. The fraction of sp³-hybridized carbons (Fsp3) is 0.533. The first-order valence-electron chi connectivity index (χ1n) is 7.07. The summed E-state index contributed by atoms with van der Waals surface area (Å²) in [7, 11) is 2.79. The molecule has 1 aromatic carbocycles. The van der Waals surface area contributed by atoms with E-state index in [9.17, 15) is 9.90 Å². The van der Waals surface area contributed by atoms with E-state index in [1.54, 1.807) is 6.07 Å². The summed E-state index contributed by atoms with van der Waals surface area (Å²) in [5, 5.41) is 13.4. The molecule has 1 saturated heterocycles. The van der Waals surface area contributed by atoms with Gasteiger partial charge in [-0.15, -0.1) is 0 Å². The highest BCUT2D eigenvalue weighted by Gasteiger charge is 2.17. The van der Waals surface area contributed by atoms with Gasteiger partial charge in [-0.3, -0.25) is 0 Å². The summed E-state index contributed by atoms with van der Waals surface area (Å²) in [4.78, 5) is 14.1. The molecule has 1 aliphatic heterocycles. The largest absolute Gasteiger partial charge is 0.508 e. The van der Waals surface area contributed by atoms with Crippen LogP contribution < -0.4 is 10.1 Å². The smallest absolute Gasteiger partial charge is 0.341 e. The van der Waals surface area contributed by atoms with Gasteiger partial charge in [0.15, 0.2) is 0 Å². The molecular weight excluding hydrogens is 272 g/mol. The van der Waals surface area contributed by atoms with Gasteiger partial charge in [-0.25, -0.2) is 4.79 Å². The highest BCUT2D eigenvalue weighted by molar-refractivity contribution is 5.93. The van der Waals surface area contributed by atoms with Crippen molar-refractivity contribution in [3.63, 3.8) is 0 Å². The minimum absolute atomic E-state index is 0.148. The molecule has 1 heterocycles. The zero-order chi connectivity index (χ0) is 15.2. The molecule has 116 valence electrons. The average Bonchev–Trinajstić information content (AvgIpc) is 2.53. The van der Waals surface area contributed by atoms with Crippen molar-refractivity contribution < 1.29 is 19.4 Å². The van der Waals surface area contributed by atoms with E-state index < -0.39 is 5.97 Å². The van der Waals surface area contributed by atoms with Gasteiger partial charge in [-0.1, -0.05) is 0 Å². The maximum Gasteiger partial charge on any atom is 0.341 e. The van der Waals surface area contributed by atoms with Gasteiger partial charge in [0.25, 0.3) is 0 Å². The number of carbonyl (C=O) groups is 1. The monoisotopic (exact) mass is 294 g/mol. The molecule has 1 fully saturated rings. The third kappa shape index (κ3) is 3.86. The average molecular weight is 294 g/mol. The Bertz CT molecular complexity index is 499. The number of nitrogens with one attached hydrogen (secondary N) is 1. The molecule has 6 heteroatoms. The summed E-state index contributed by atoms with van der Waals surface area (Å²) in [5.74, 6) is 0.00943. The number of ether oxygens (including phenoxy) is 2. The van der Waals surface area contributed by atoms with Gasteiger partial charge in [-0.2, -0.15) is 0 Å². The lowest BCUT2D eigenvalue weighted by Crippen LogP contribution is -2.44. The number of hydrogen-bond acceptors (Lipinski definition) is 6. The van der Waals surface area contributed by atoms with Crippen LogP contribution in [0.5, 0.6) is 11.5 Å². The Kier molecular flexibility index (Phi) is 5.41. The van der Waals surface area contributed by atoms with Gasteiger partial charge in [0.05, 0.1) is 14.2 Å². The number of esters is 1. The number of carbonyl (C=O) groups excluding carboxylic acids is 1. The third-order valence-electron chi connectivity index (χ3n) is 3.71. The first-order chi connectivity index (χ1) is 10.2. The number of benzene rings is 1. The van der Waals surface area contributed by atoms with Crippen molar-refractivity contribution in [3.8, 4) is 11.5 Å². The normalized spacial score (nSPS) is 15.7. The number of aromatic hydroxyl groups is 1. The van der Waals surface area contributed by atoms with Crippen molar-refractivity contribution in [2.45, 2.75) is 6.42 Å². The van der Waals surface area contributed by atoms with E-state index >= 15 is 0 Å². The molecule has 0 amide bonds. The molecule has 0 bridgehead atoms. The summed E-state index contributed by atoms with van der Waals surface area (Å²) in [5.41, 5.74) is 1.07. The van der Waals surface area contributed by atoms with Crippen LogP contribution in [0, 0.1) is 0 Å². The zero-order valence-electron chi connectivity index (χ0n) is 12.5. The van der Waals surface area contributed by atoms with Gasteiger partial charge >= 0.3 is 5.97 Å². The van der Waals surface area contributed by atoms with Crippen LogP contribution >= 0.6 is 0 Å². The van der Waals surface area contributed by atoms with Gasteiger partial charge in [0.1, 0.15) is 17.1 Å². The number of methoxy groups -OCH3 is 2. The second-order valence-corrected chi connectivity index (χ2v) is 5.01. The van der Waals surface area contributed by atoms with Gasteiger partial charge in [0.2, 0.25) is 0 Å². The second-order valence-electron chi connectivity index (χ2n) is 5.01. The number of phenolic OH excluding ortho intramolecular Hbond substituents is 1. The Balaban J connectivity index is 2.12. The standard InChI is InChI=1S/C15H22N2O4/c1-20-14-10-13(18)11(9-12(14)15(19)21-2)3-6-17-7-4-16-5-8-17/h9-10,16,18H,3-8H2,1-2H3. The van der Waals surface area contributed by atoms with Crippen LogP contribution in [0.1, 0.15) is 15.9 Å². The first kappa shape index (κ1) is 15.6. The van der Waals surface area contributed by atoms with Crippen LogP contribution in [-0.4, -0.2) is 62.9 Å². The van der Waals surface area contributed by atoms with Crippen molar-refractivity contribution in [1.29, 1.82) is 0 Å². The highest BCUT2D eigenvalue weighted by Crippen LogP contribution is 2.29. The van der Waals surface area contributed by atoms with Gasteiger partial charge in [0, 0.05) is 38.8 Å². The van der Waals surface area contributed by atoms with Crippen molar-refractivity contribution in [3.05, 3.63) is 23.3 Å². The molecule has 0 spiro atoms. The van der Waals surface area contributed by atoms with Crippen molar-refractivity contribution in [2.24, 2.45) is 0 Å². The lowest BCUT2D eigenvalue weighted by Gasteiger charge is -2.27. The Morgan fingerprint density at radius 2 is 2.05 bits per heavy atom. The maximum absolute atomic E-state index is 11.8. The molecule has 0 atom stereocenters. The van der Waals surface area contributed by atoms with Crippen molar-refractivity contribution >= 4 is 5.97 Å². The Labute approximate surface area is 124 Å². The molecule has 0 aliphatic carbocycles. The van der Waals surface area contributed by atoms with Crippen LogP contribution in [0.2, 0.25) is 0 Å². The summed E-state index contributed by atoms with van der Waals surface area (Å²) < 4.78 is 9.87. The van der Waals surface area contributed by atoms with E-state index in [0.29, 0.717) is 17.7 Å². The summed E-state index contributed by atoms with van der Waals surface area (Å²) in [6.07, 6.45) is 0.680. The van der Waals surface area contributed by atoms with Gasteiger partial charge in [-0.05, 0) is 18.1 Å². The molecule has 2 rings (SSSR count). The quantitative estimate of drug-likeness (QED) is 0.777. The number of nitrogens with zero attached hydrogens (tertiary/aromatic N) is 1. The molecule has 0 unspecified atom stereocenters. The molecule has 0 aromatic heterocycles. The third-order valence-corrected chi connectivity index (χ3v) is 3.71. The van der Waals surface area contributed by atoms with Crippen LogP contribution in [0.3, 0.4) is 0 Å². The summed E-state index contributed by atoms with van der Waals surface area (Å²) >= 11 is 0. The number of phenols is 1. The zero-order valence-corrected chi connectivity index (χ0v) is 12.5. The number of piperazine rings is 1. The van der Waals surface area contributed by atoms with Crippen LogP contribution in [0.4, 0.5) is 0 Å². The van der Waals surface area contributed by atoms with Crippen LogP contribution in [0.25, 0.3) is 0 Å². The Morgan fingerprint density at radius 3 is 2.67 bits per heavy atom. The minimum Gasteiger partial charge on any atom is -0.508 e. The fourth-order valence-corrected chi connectivity index (χ4v) is 2.47. The number of hydrogen-bond donors (Lipinski definition) is 2. The first-order valence-corrected chi connectivity index (χ1v) is 7.07. The fourth-order valence-electron chi connectivity index (χ4n) is 2.47. The Hall–Kier alpha value is -1.79. The molecule has 1 aliphatic rings. The summed E-state index contributed by atoms with van der Waals surface area (Å²) in [6.45, 7) is 4.83. The summed E-state index contributed by atoms with van der Waals surface area (Å²) in [6, 6.07) is 3.13. The molecule has 0 saturated carbocycles. The lowest BCUT2D eigenvalue weighted by atomic mass is 10.0. The second kappa shape index (κ2) is 7.28. The van der Waals surface area contributed by atoms with E-state index in [1.165, 1.54) is 20.3 Å². The maximum atomic E-state index is 11.8. The van der Waals surface area contributed by atoms with E-state index in [4.69, 9.17) is 9.47 Å². The van der Waals surface area contributed by atoms with Crippen molar-refractivity contribution in [2.75, 3.05) is 46.9 Å². The van der Waals surface area contributed by atoms with Gasteiger partial charge < -0.3 is 24.8 Å². The lowest BCUT2D eigenvalue weighted by molar-refractivity contribution is 0.0597. The molecule has 21 heavy (non-hydrogen) atoms.